The molecule has 3 N–H and O–H groups in total. The van der Waals surface area contributed by atoms with Crippen LogP contribution in [0, 0.1) is 0 Å². The van der Waals surface area contributed by atoms with Crippen molar-refractivity contribution < 1.29 is 14.7 Å². The summed E-state index contributed by atoms with van der Waals surface area (Å²) in [4.78, 5) is 22.8. The first-order valence-corrected chi connectivity index (χ1v) is 6.02. The van der Waals surface area contributed by atoms with E-state index < -0.39 is 12.0 Å². The zero-order valence-electron chi connectivity index (χ0n) is 10.2. The van der Waals surface area contributed by atoms with Crippen LogP contribution >= 0.6 is 0 Å². The molecule has 5 heteroatoms. The van der Waals surface area contributed by atoms with Crippen LogP contribution in [0.1, 0.15) is 29.3 Å². The SMILES string of the molecule is CCC(NC(=O)c1ccc2c(c1)CCN2)C(=O)O. The molecule has 1 aliphatic rings. The smallest absolute Gasteiger partial charge is 0.326 e. The molecule has 1 amide bonds. The fourth-order valence-corrected chi connectivity index (χ4v) is 2.03. The average molecular weight is 248 g/mol. The molecule has 0 fully saturated rings. The lowest BCUT2D eigenvalue weighted by atomic mass is 10.1. The maximum atomic E-state index is 11.9. The fourth-order valence-electron chi connectivity index (χ4n) is 2.03. The number of fused-ring (bicyclic) bond motifs is 1. The van der Waals surface area contributed by atoms with Gasteiger partial charge in [0.1, 0.15) is 6.04 Å². The lowest BCUT2D eigenvalue weighted by Crippen LogP contribution is -2.40. The van der Waals surface area contributed by atoms with Crippen LogP contribution in [0.15, 0.2) is 18.2 Å². The molecule has 1 unspecified atom stereocenters. The van der Waals surface area contributed by atoms with Crippen LogP contribution in [0.5, 0.6) is 0 Å². The van der Waals surface area contributed by atoms with Gasteiger partial charge in [-0.3, -0.25) is 4.79 Å². The van der Waals surface area contributed by atoms with Gasteiger partial charge in [0.15, 0.2) is 0 Å². The Kier molecular flexibility index (Phi) is 3.50. The first-order valence-electron chi connectivity index (χ1n) is 6.02. The molecule has 1 aromatic carbocycles. The highest BCUT2D eigenvalue weighted by Gasteiger charge is 2.19. The first kappa shape index (κ1) is 12.4. The van der Waals surface area contributed by atoms with Gasteiger partial charge >= 0.3 is 5.97 Å². The van der Waals surface area contributed by atoms with E-state index in [1.807, 2.05) is 12.1 Å². The standard InChI is InChI=1S/C13H16N2O3/c1-2-10(13(17)18)15-12(16)9-3-4-11-8(7-9)5-6-14-11/h3-4,7,10,14H,2,5-6H2,1H3,(H,15,16)(H,17,18). The van der Waals surface area contributed by atoms with Crippen molar-refractivity contribution in [3.05, 3.63) is 29.3 Å². The number of nitrogens with one attached hydrogen (secondary N) is 2. The minimum atomic E-state index is -1.01. The van der Waals surface area contributed by atoms with Gasteiger partial charge in [-0.15, -0.1) is 0 Å². The number of carbonyl (C=O) groups is 2. The van der Waals surface area contributed by atoms with Crippen LogP contribution in [-0.4, -0.2) is 29.6 Å². The van der Waals surface area contributed by atoms with Crippen molar-refractivity contribution in [3.8, 4) is 0 Å². The maximum Gasteiger partial charge on any atom is 0.326 e. The Morgan fingerprint density at radius 3 is 2.94 bits per heavy atom. The van der Waals surface area contributed by atoms with E-state index in [-0.39, 0.29) is 5.91 Å². The summed E-state index contributed by atoms with van der Waals surface area (Å²) in [6.07, 6.45) is 1.26. The summed E-state index contributed by atoms with van der Waals surface area (Å²) in [5.41, 5.74) is 2.67. The van der Waals surface area contributed by atoms with Gasteiger partial charge in [0.2, 0.25) is 0 Å². The Morgan fingerprint density at radius 2 is 2.28 bits per heavy atom. The van der Waals surface area contributed by atoms with Gasteiger partial charge in [0, 0.05) is 17.8 Å². The van der Waals surface area contributed by atoms with Gasteiger partial charge in [0.25, 0.3) is 5.91 Å². The molecule has 0 spiro atoms. The van der Waals surface area contributed by atoms with E-state index in [0.29, 0.717) is 12.0 Å². The Hall–Kier alpha value is -2.04. The molecule has 1 heterocycles. The third-order valence-corrected chi connectivity index (χ3v) is 3.09. The topological polar surface area (TPSA) is 78.4 Å². The Labute approximate surface area is 105 Å². The van der Waals surface area contributed by atoms with Gasteiger partial charge in [-0.05, 0) is 36.6 Å². The summed E-state index contributed by atoms with van der Waals surface area (Å²) >= 11 is 0. The molecule has 0 aromatic heterocycles. The quantitative estimate of drug-likeness (QED) is 0.749. The third kappa shape index (κ3) is 2.45. The van der Waals surface area contributed by atoms with E-state index in [1.165, 1.54) is 0 Å². The van der Waals surface area contributed by atoms with Crippen LogP contribution in [-0.2, 0) is 11.2 Å². The van der Waals surface area contributed by atoms with Crippen molar-refractivity contribution in [2.75, 3.05) is 11.9 Å². The Morgan fingerprint density at radius 1 is 1.50 bits per heavy atom. The zero-order valence-corrected chi connectivity index (χ0v) is 10.2. The van der Waals surface area contributed by atoms with Crippen LogP contribution < -0.4 is 10.6 Å². The zero-order chi connectivity index (χ0) is 13.1. The Balaban J connectivity index is 2.12. The lowest BCUT2D eigenvalue weighted by molar-refractivity contribution is -0.139. The average Bonchev–Trinajstić information content (AvgIpc) is 2.82. The summed E-state index contributed by atoms with van der Waals surface area (Å²) < 4.78 is 0. The second kappa shape index (κ2) is 5.08. The number of amides is 1. The van der Waals surface area contributed by atoms with Gasteiger partial charge < -0.3 is 15.7 Å². The molecule has 0 radical (unpaired) electrons. The van der Waals surface area contributed by atoms with Gasteiger partial charge in [-0.25, -0.2) is 4.79 Å². The second-order valence-electron chi connectivity index (χ2n) is 4.32. The Bertz CT molecular complexity index is 485. The fraction of sp³-hybridized carbons (Fsp3) is 0.385. The number of carboxylic acid groups (broad SMARTS) is 1. The highest BCUT2D eigenvalue weighted by Crippen LogP contribution is 2.22. The van der Waals surface area contributed by atoms with Gasteiger partial charge in [-0.2, -0.15) is 0 Å². The van der Waals surface area contributed by atoms with E-state index >= 15 is 0 Å². The number of aliphatic carboxylic acids is 1. The maximum absolute atomic E-state index is 11.9. The van der Waals surface area contributed by atoms with Crippen molar-refractivity contribution >= 4 is 17.6 Å². The van der Waals surface area contributed by atoms with E-state index in [2.05, 4.69) is 10.6 Å². The minimum Gasteiger partial charge on any atom is -0.480 e. The van der Waals surface area contributed by atoms with Crippen molar-refractivity contribution in [3.63, 3.8) is 0 Å². The predicted octanol–water partition coefficient (Wildman–Crippen LogP) is 1.25. The number of hydrogen-bond acceptors (Lipinski definition) is 3. The first-order chi connectivity index (χ1) is 8.61. The molecular weight excluding hydrogens is 232 g/mol. The molecule has 0 aliphatic carbocycles. The number of rotatable bonds is 4. The normalized spacial score (nSPS) is 14.5. The number of hydrogen-bond donors (Lipinski definition) is 3. The van der Waals surface area contributed by atoms with Crippen molar-refractivity contribution in [2.24, 2.45) is 0 Å². The second-order valence-corrected chi connectivity index (χ2v) is 4.32. The van der Waals surface area contributed by atoms with Crippen LogP contribution in [0.25, 0.3) is 0 Å². The molecular formula is C13H16N2O3. The summed E-state index contributed by atoms with van der Waals surface area (Å²) in [5.74, 6) is -1.34. The van der Waals surface area contributed by atoms with E-state index in [9.17, 15) is 9.59 Å². The van der Waals surface area contributed by atoms with E-state index in [4.69, 9.17) is 5.11 Å². The summed E-state index contributed by atoms with van der Waals surface area (Å²) in [7, 11) is 0. The lowest BCUT2D eigenvalue weighted by Gasteiger charge is -2.12. The number of carbonyl (C=O) groups excluding carboxylic acids is 1. The molecule has 5 nitrogen and oxygen atoms in total. The summed E-state index contributed by atoms with van der Waals surface area (Å²) in [5, 5.41) is 14.6. The third-order valence-electron chi connectivity index (χ3n) is 3.09. The molecule has 18 heavy (non-hydrogen) atoms. The van der Waals surface area contributed by atoms with Crippen molar-refractivity contribution in [1.29, 1.82) is 0 Å². The van der Waals surface area contributed by atoms with Crippen molar-refractivity contribution in [1.82, 2.24) is 5.32 Å². The summed E-state index contributed by atoms with van der Waals surface area (Å²) in [6.45, 7) is 2.61. The molecule has 0 saturated heterocycles. The van der Waals surface area contributed by atoms with Gasteiger partial charge in [0.05, 0.1) is 0 Å². The minimum absolute atomic E-state index is 0.334. The molecule has 1 aromatic rings. The number of anilines is 1. The molecule has 0 saturated carbocycles. The largest absolute Gasteiger partial charge is 0.480 e. The van der Waals surface area contributed by atoms with E-state index in [1.54, 1.807) is 13.0 Å². The number of carboxylic acids is 1. The predicted molar refractivity (Wildman–Crippen MR) is 67.8 cm³/mol. The molecule has 1 atom stereocenters. The van der Waals surface area contributed by atoms with E-state index in [0.717, 1.165) is 24.2 Å². The highest BCUT2D eigenvalue weighted by atomic mass is 16.4. The highest BCUT2D eigenvalue weighted by molar-refractivity contribution is 5.97. The molecule has 1 aliphatic heterocycles. The monoisotopic (exact) mass is 248 g/mol. The molecule has 2 rings (SSSR count). The van der Waals surface area contributed by atoms with Crippen molar-refractivity contribution in [2.45, 2.75) is 25.8 Å². The van der Waals surface area contributed by atoms with Crippen LogP contribution in [0.2, 0.25) is 0 Å². The van der Waals surface area contributed by atoms with Crippen LogP contribution in [0.4, 0.5) is 5.69 Å². The number of benzene rings is 1. The van der Waals surface area contributed by atoms with Gasteiger partial charge in [-0.1, -0.05) is 6.92 Å². The molecule has 96 valence electrons. The molecule has 0 bridgehead atoms. The summed E-state index contributed by atoms with van der Waals surface area (Å²) in [6, 6.07) is 4.56. The van der Waals surface area contributed by atoms with Crippen LogP contribution in [0.3, 0.4) is 0 Å².